The first kappa shape index (κ1) is 35.1. The number of benzene rings is 1. The van der Waals surface area contributed by atoms with Crippen molar-refractivity contribution in [3.8, 4) is 0 Å². The lowest BCUT2D eigenvalue weighted by Gasteiger charge is -2.27. The van der Waals surface area contributed by atoms with E-state index in [2.05, 4.69) is 21.3 Å². The molecule has 0 unspecified atom stereocenters. The highest BCUT2D eigenvalue weighted by Crippen LogP contribution is 2.12. The summed E-state index contributed by atoms with van der Waals surface area (Å²) >= 11 is 0. The first-order valence-electron chi connectivity index (χ1n) is 14.0. The summed E-state index contributed by atoms with van der Waals surface area (Å²) in [5, 5.41) is 19.7. The minimum absolute atomic E-state index is 0.123. The van der Waals surface area contributed by atoms with Crippen LogP contribution in [-0.2, 0) is 24.0 Å². The van der Waals surface area contributed by atoms with Gasteiger partial charge in [0.05, 0.1) is 11.6 Å². The van der Waals surface area contributed by atoms with Gasteiger partial charge in [-0.15, -0.1) is 0 Å². The van der Waals surface area contributed by atoms with Crippen molar-refractivity contribution in [3.63, 3.8) is 0 Å². The van der Waals surface area contributed by atoms with Gasteiger partial charge in [-0.2, -0.15) is 0 Å². The third-order valence-electron chi connectivity index (χ3n) is 6.42. The second-order valence-corrected chi connectivity index (χ2v) is 10.9. The molecule has 0 aliphatic rings. The van der Waals surface area contributed by atoms with Crippen molar-refractivity contribution >= 4 is 41.6 Å². The van der Waals surface area contributed by atoms with Gasteiger partial charge in [-0.1, -0.05) is 59.6 Å². The Kier molecular flexibility index (Phi) is 15.1. The molecule has 228 valence electrons. The lowest BCUT2D eigenvalue weighted by Crippen LogP contribution is -2.58. The lowest BCUT2D eigenvalue weighted by molar-refractivity contribution is -0.137. The third-order valence-corrected chi connectivity index (χ3v) is 6.42. The summed E-state index contributed by atoms with van der Waals surface area (Å²) in [5.41, 5.74) is 6.18. The van der Waals surface area contributed by atoms with Crippen molar-refractivity contribution in [2.24, 2.45) is 11.8 Å². The predicted octanol–water partition coefficient (Wildman–Crippen LogP) is 1.78. The van der Waals surface area contributed by atoms with Gasteiger partial charge in [0.2, 0.25) is 17.7 Å². The maximum absolute atomic E-state index is 13.3. The molecule has 0 bridgehead atoms. The number of aliphatic carboxylic acids is 1. The molecule has 4 amide bonds. The van der Waals surface area contributed by atoms with Crippen LogP contribution in [0.3, 0.4) is 0 Å². The SMILES string of the molecule is CCCC[C@H](NC(=O)[C@H](CCC(=O)O)NC(=O)c1ccccc1N)C(=O)N[C@H](C(=O)N[C@H](C=O)CC(C)C)C(C)C. The minimum Gasteiger partial charge on any atom is -0.481 e. The first-order chi connectivity index (χ1) is 19.3. The highest BCUT2D eigenvalue weighted by molar-refractivity contribution is 6.02. The van der Waals surface area contributed by atoms with Gasteiger partial charge in [0.1, 0.15) is 24.4 Å². The second-order valence-electron chi connectivity index (χ2n) is 10.9. The Labute approximate surface area is 241 Å². The maximum Gasteiger partial charge on any atom is 0.303 e. The molecule has 1 aromatic rings. The molecule has 1 aromatic carbocycles. The molecule has 1 rings (SSSR count). The Bertz CT molecular complexity index is 1060. The topological polar surface area (TPSA) is 197 Å². The van der Waals surface area contributed by atoms with E-state index < -0.39 is 60.2 Å². The van der Waals surface area contributed by atoms with Gasteiger partial charge in [0.25, 0.3) is 5.91 Å². The fraction of sp³-hybridized carbons (Fsp3) is 0.586. The van der Waals surface area contributed by atoms with Crippen molar-refractivity contribution in [3.05, 3.63) is 29.8 Å². The van der Waals surface area contributed by atoms with Crippen LogP contribution in [0, 0.1) is 11.8 Å². The number of nitrogen functional groups attached to an aromatic ring is 1. The van der Waals surface area contributed by atoms with E-state index in [4.69, 9.17) is 10.8 Å². The van der Waals surface area contributed by atoms with Crippen molar-refractivity contribution in [1.29, 1.82) is 0 Å². The van der Waals surface area contributed by atoms with Crippen LogP contribution >= 0.6 is 0 Å². The number of anilines is 1. The minimum atomic E-state index is -1.26. The Morgan fingerprint density at radius 2 is 1.49 bits per heavy atom. The van der Waals surface area contributed by atoms with Gasteiger partial charge in [-0.05, 0) is 43.2 Å². The summed E-state index contributed by atoms with van der Waals surface area (Å²) in [7, 11) is 0. The van der Waals surface area contributed by atoms with Crippen molar-refractivity contribution < 1.29 is 33.9 Å². The van der Waals surface area contributed by atoms with Crippen LogP contribution in [0.15, 0.2) is 24.3 Å². The molecule has 12 nitrogen and oxygen atoms in total. The molecule has 4 atom stereocenters. The standard InChI is InChI=1S/C29H45N5O7/c1-6-7-12-22(28(40)34-25(18(4)5)29(41)31-19(16-35)15-17(2)3)33-27(39)23(13-14-24(36)37)32-26(38)20-10-8-9-11-21(20)30/h8-11,16-19,22-23,25H,6-7,12-15,30H2,1-5H3,(H,31,41)(H,32,38)(H,33,39)(H,34,40)(H,36,37)/t19-,22-,23-,25-/m0/s1. The summed E-state index contributed by atoms with van der Waals surface area (Å²) in [5.74, 6) is -3.85. The highest BCUT2D eigenvalue weighted by atomic mass is 16.4. The number of amides is 4. The maximum atomic E-state index is 13.3. The number of carboxylic acid groups (broad SMARTS) is 1. The molecule has 0 saturated carbocycles. The smallest absolute Gasteiger partial charge is 0.303 e. The highest BCUT2D eigenvalue weighted by Gasteiger charge is 2.32. The third kappa shape index (κ3) is 12.4. The molecule has 0 heterocycles. The van der Waals surface area contributed by atoms with E-state index in [1.807, 2.05) is 20.8 Å². The molecule has 0 aromatic heterocycles. The summed E-state index contributed by atoms with van der Waals surface area (Å²) in [6.07, 6.45) is 2.02. The number of hydrogen-bond donors (Lipinski definition) is 6. The van der Waals surface area contributed by atoms with Crippen LogP contribution in [-0.4, -0.2) is 65.2 Å². The van der Waals surface area contributed by atoms with Gasteiger partial charge < -0.3 is 36.9 Å². The van der Waals surface area contributed by atoms with Gasteiger partial charge in [0.15, 0.2) is 0 Å². The van der Waals surface area contributed by atoms with Gasteiger partial charge in [-0.25, -0.2) is 0 Å². The van der Waals surface area contributed by atoms with Crippen molar-refractivity contribution in [1.82, 2.24) is 21.3 Å². The van der Waals surface area contributed by atoms with Crippen molar-refractivity contribution in [2.45, 2.75) is 97.3 Å². The van der Waals surface area contributed by atoms with Gasteiger partial charge in [0, 0.05) is 12.1 Å². The number of aldehydes is 1. The zero-order chi connectivity index (χ0) is 31.1. The Morgan fingerprint density at radius 3 is 2.02 bits per heavy atom. The number of carboxylic acids is 1. The van der Waals surface area contributed by atoms with Crippen LogP contribution in [0.1, 0.15) is 83.5 Å². The van der Waals surface area contributed by atoms with Crippen LogP contribution in [0.25, 0.3) is 0 Å². The first-order valence-corrected chi connectivity index (χ1v) is 14.0. The Hall–Kier alpha value is -3.96. The molecule has 0 radical (unpaired) electrons. The van der Waals surface area contributed by atoms with E-state index in [0.717, 1.165) is 6.42 Å². The van der Waals surface area contributed by atoms with E-state index in [0.29, 0.717) is 19.1 Å². The number of nitrogens with one attached hydrogen (secondary N) is 4. The Morgan fingerprint density at radius 1 is 0.878 bits per heavy atom. The number of rotatable bonds is 18. The van der Waals surface area contributed by atoms with E-state index in [-0.39, 0.29) is 35.9 Å². The lowest BCUT2D eigenvalue weighted by atomic mass is 10.00. The zero-order valence-corrected chi connectivity index (χ0v) is 24.6. The quantitative estimate of drug-likeness (QED) is 0.112. The molecule has 0 fully saturated rings. The van der Waals surface area contributed by atoms with Gasteiger partial charge in [-0.3, -0.25) is 24.0 Å². The summed E-state index contributed by atoms with van der Waals surface area (Å²) in [6, 6.07) is 2.25. The average molecular weight is 576 g/mol. The van der Waals surface area contributed by atoms with Gasteiger partial charge >= 0.3 is 5.97 Å². The normalized spacial score (nSPS) is 13.9. The molecule has 0 spiro atoms. The molecule has 0 saturated heterocycles. The largest absolute Gasteiger partial charge is 0.481 e. The fourth-order valence-corrected chi connectivity index (χ4v) is 4.14. The van der Waals surface area contributed by atoms with Crippen LogP contribution in [0.5, 0.6) is 0 Å². The number of carbonyl (C=O) groups is 6. The monoisotopic (exact) mass is 575 g/mol. The second kappa shape index (κ2) is 17.7. The van der Waals surface area contributed by atoms with E-state index >= 15 is 0 Å². The Balaban J connectivity index is 3.11. The van der Waals surface area contributed by atoms with Crippen LogP contribution < -0.4 is 27.0 Å². The molecule has 12 heteroatoms. The number of hydrogen-bond acceptors (Lipinski definition) is 7. The van der Waals surface area contributed by atoms with E-state index in [1.54, 1.807) is 26.0 Å². The predicted molar refractivity (Wildman–Crippen MR) is 155 cm³/mol. The molecule has 0 aliphatic heterocycles. The van der Waals surface area contributed by atoms with E-state index in [1.165, 1.54) is 12.1 Å². The summed E-state index contributed by atoms with van der Waals surface area (Å²) < 4.78 is 0. The molecular formula is C29H45N5O7. The fourth-order valence-electron chi connectivity index (χ4n) is 4.14. The van der Waals surface area contributed by atoms with E-state index in [9.17, 15) is 28.8 Å². The summed E-state index contributed by atoms with van der Waals surface area (Å²) in [6.45, 7) is 9.25. The molecule has 41 heavy (non-hydrogen) atoms. The molecule has 7 N–H and O–H groups in total. The van der Waals surface area contributed by atoms with Crippen molar-refractivity contribution in [2.75, 3.05) is 5.73 Å². The average Bonchev–Trinajstić information content (AvgIpc) is 2.90. The number of unbranched alkanes of at least 4 members (excludes halogenated alkanes) is 1. The van der Waals surface area contributed by atoms with Crippen LogP contribution in [0.2, 0.25) is 0 Å². The molecule has 0 aliphatic carbocycles. The molecular weight excluding hydrogens is 530 g/mol. The number of nitrogens with two attached hydrogens (primary N) is 1. The van der Waals surface area contributed by atoms with Crippen LogP contribution in [0.4, 0.5) is 5.69 Å². The summed E-state index contributed by atoms with van der Waals surface area (Å²) in [4.78, 5) is 75.1. The number of carbonyl (C=O) groups excluding carboxylic acids is 5. The zero-order valence-electron chi connectivity index (χ0n) is 24.6. The number of para-hydroxylation sites is 1.